The lowest BCUT2D eigenvalue weighted by Gasteiger charge is -2.19. The molecule has 1 fully saturated rings. The minimum Gasteiger partial charge on any atom is -0.358 e. The van der Waals surface area contributed by atoms with E-state index >= 15 is 0 Å². The molecule has 1 aromatic heterocycles. The number of fused-ring (bicyclic) bond motifs is 2. The van der Waals surface area contributed by atoms with Gasteiger partial charge in [-0.3, -0.25) is 0 Å². The fourth-order valence-corrected chi connectivity index (χ4v) is 6.00. The summed E-state index contributed by atoms with van der Waals surface area (Å²) in [5.74, 6) is 0. The number of sulfonamides is 1. The predicted molar refractivity (Wildman–Crippen MR) is 112 cm³/mol. The molecule has 4 nitrogen and oxygen atoms in total. The zero-order chi connectivity index (χ0) is 19.4. The largest absolute Gasteiger partial charge is 0.358 e. The van der Waals surface area contributed by atoms with Crippen LogP contribution < -0.4 is 4.72 Å². The minimum atomic E-state index is -3.50. The molecule has 0 aliphatic heterocycles. The Morgan fingerprint density at radius 3 is 2.57 bits per heavy atom. The van der Waals surface area contributed by atoms with Crippen LogP contribution in [0.2, 0.25) is 0 Å². The van der Waals surface area contributed by atoms with Gasteiger partial charge in [0, 0.05) is 28.6 Å². The summed E-state index contributed by atoms with van der Waals surface area (Å²) in [6.45, 7) is 2.54. The average Bonchev–Trinajstić information content (AvgIpc) is 3.40. The molecular weight excluding hydrogens is 368 g/mol. The van der Waals surface area contributed by atoms with E-state index in [1.165, 1.54) is 28.5 Å². The first-order valence-electron chi connectivity index (χ1n) is 10.2. The second-order valence-corrected chi connectivity index (χ2v) is 10.2. The molecule has 2 aliphatic rings. The van der Waals surface area contributed by atoms with Gasteiger partial charge in [0.1, 0.15) is 0 Å². The molecule has 5 rings (SSSR count). The highest BCUT2D eigenvalue weighted by molar-refractivity contribution is 7.89. The van der Waals surface area contributed by atoms with Gasteiger partial charge >= 0.3 is 0 Å². The summed E-state index contributed by atoms with van der Waals surface area (Å²) in [5.41, 5.74) is 5.95. The van der Waals surface area contributed by atoms with Crippen molar-refractivity contribution in [1.82, 2.24) is 9.71 Å². The molecule has 146 valence electrons. The van der Waals surface area contributed by atoms with E-state index in [4.69, 9.17) is 0 Å². The highest BCUT2D eigenvalue weighted by Crippen LogP contribution is 2.51. The summed E-state index contributed by atoms with van der Waals surface area (Å²) >= 11 is 0. The van der Waals surface area contributed by atoms with E-state index < -0.39 is 10.0 Å². The maximum atomic E-state index is 13.0. The van der Waals surface area contributed by atoms with E-state index in [1.54, 1.807) is 6.07 Å². The average molecular weight is 395 g/mol. The van der Waals surface area contributed by atoms with E-state index in [0.29, 0.717) is 11.4 Å². The maximum absolute atomic E-state index is 13.0. The lowest BCUT2D eigenvalue weighted by atomic mass is 9.92. The smallest absolute Gasteiger partial charge is 0.240 e. The number of H-pyrrole nitrogens is 1. The Balaban J connectivity index is 1.41. The summed E-state index contributed by atoms with van der Waals surface area (Å²) in [6.07, 6.45) is 6.42. The molecule has 1 heterocycles. The molecule has 0 spiro atoms. The van der Waals surface area contributed by atoms with Crippen molar-refractivity contribution in [3.05, 3.63) is 64.8 Å². The topological polar surface area (TPSA) is 62.0 Å². The maximum Gasteiger partial charge on any atom is 0.240 e. The fourth-order valence-electron chi connectivity index (χ4n) is 4.82. The normalized spacial score (nSPS) is 18.2. The van der Waals surface area contributed by atoms with Crippen LogP contribution in [0.5, 0.6) is 0 Å². The Labute approximate surface area is 166 Å². The molecule has 0 amide bonds. The number of para-hydroxylation sites is 1. The monoisotopic (exact) mass is 394 g/mol. The molecule has 0 bridgehead atoms. The third-order valence-corrected chi connectivity index (χ3v) is 7.91. The van der Waals surface area contributed by atoms with Crippen LogP contribution in [0.15, 0.2) is 47.4 Å². The molecule has 0 saturated heterocycles. The van der Waals surface area contributed by atoms with Gasteiger partial charge < -0.3 is 4.98 Å². The number of rotatable bonds is 5. The first-order valence-corrected chi connectivity index (χ1v) is 11.7. The number of benzene rings is 2. The molecule has 0 radical (unpaired) electrons. The first-order chi connectivity index (χ1) is 13.5. The van der Waals surface area contributed by atoms with Gasteiger partial charge in [-0.2, -0.15) is 0 Å². The van der Waals surface area contributed by atoms with Crippen LogP contribution in [0.1, 0.15) is 48.1 Å². The van der Waals surface area contributed by atoms with Crippen molar-refractivity contribution in [2.45, 2.75) is 55.8 Å². The van der Waals surface area contributed by atoms with Gasteiger partial charge in [0.05, 0.1) is 4.90 Å². The van der Waals surface area contributed by atoms with Crippen LogP contribution in [0, 0.1) is 6.92 Å². The second-order valence-electron chi connectivity index (χ2n) is 8.41. The zero-order valence-corrected chi connectivity index (χ0v) is 17.0. The Morgan fingerprint density at radius 2 is 1.79 bits per heavy atom. The van der Waals surface area contributed by atoms with E-state index in [2.05, 4.69) is 28.8 Å². The lowest BCUT2D eigenvalue weighted by molar-refractivity contribution is 0.566. The van der Waals surface area contributed by atoms with Crippen LogP contribution in [0.25, 0.3) is 10.9 Å². The molecule has 2 aliphatic carbocycles. The van der Waals surface area contributed by atoms with Crippen LogP contribution in [-0.4, -0.2) is 19.9 Å². The molecule has 2 aromatic carbocycles. The quantitative estimate of drug-likeness (QED) is 0.675. The van der Waals surface area contributed by atoms with Gasteiger partial charge in [0.2, 0.25) is 10.0 Å². The highest BCUT2D eigenvalue weighted by Gasteiger charge is 2.47. The number of aryl methyl sites for hydroxylation is 3. The predicted octanol–water partition coefficient (Wildman–Crippen LogP) is 4.37. The van der Waals surface area contributed by atoms with Crippen LogP contribution in [0.3, 0.4) is 0 Å². The standard InChI is InChI=1S/C23H26N2O2S/c1-16-22(20-8-4-5-9-21(20)25-16)23(12-13-23)15-24-28(26,27)19-11-10-17-6-2-3-7-18(17)14-19/h4-5,8-11,14,24-25H,2-3,6-7,12-13,15H2,1H3. The molecule has 0 atom stereocenters. The molecule has 0 unspecified atom stereocenters. The number of hydrogen-bond acceptors (Lipinski definition) is 2. The van der Waals surface area contributed by atoms with Crippen LogP contribution in [0.4, 0.5) is 0 Å². The third kappa shape index (κ3) is 2.97. The van der Waals surface area contributed by atoms with Crippen molar-refractivity contribution in [2.75, 3.05) is 6.54 Å². The number of hydrogen-bond donors (Lipinski definition) is 2. The Kier molecular flexibility index (Phi) is 4.14. The van der Waals surface area contributed by atoms with Gasteiger partial charge in [-0.25, -0.2) is 13.1 Å². The Morgan fingerprint density at radius 1 is 1.04 bits per heavy atom. The van der Waals surface area contributed by atoms with Gasteiger partial charge in [-0.15, -0.1) is 0 Å². The Bertz CT molecular complexity index is 1160. The summed E-state index contributed by atoms with van der Waals surface area (Å²) < 4.78 is 28.9. The number of aromatic nitrogens is 1. The van der Waals surface area contributed by atoms with E-state index in [-0.39, 0.29) is 5.41 Å². The van der Waals surface area contributed by atoms with Crippen molar-refractivity contribution < 1.29 is 8.42 Å². The molecule has 3 aromatic rings. The van der Waals surface area contributed by atoms with E-state index in [9.17, 15) is 8.42 Å². The second kappa shape index (κ2) is 6.46. The molecule has 2 N–H and O–H groups in total. The van der Waals surface area contributed by atoms with Gasteiger partial charge in [0.25, 0.3) is 0 Å². The summed E-state index contributed by atoms with van der Waals surface area (Å²) in [4.78, 5) is 3.86. The van der Waals surface area contributed by atoms with Crippen molar-refractivity contribution in [1.29, 1.82) is 0 Å². The van der Waals surface area contributed by atoms with Gasteiger partial charge in [-0.1, -0.05) is 24.3 Å². The third-order valence-electron chi connectivity index (χ3n) is 6.51. The molecule has 1 saturated carbocycles. The van der Waals surface area contributed by atoms with Crippen molar-refractivity contribution in [3.63, 3.8) is 0 Å². The van der Waals surface area contributed by atoms with Crippen molar-refractivity contribution in [3.8, 4) is 0 Å². The fraction of sp³-hybridized carbons (Fsp3) is 0.391. The first kappa shape index (κ1) is 18.0. The molecular formula is C23H26N2O2S. The lowest BCUT2D eigenvalue weighted by Crippen LogP contribution is -2.32. The van der Waals surface area contributed by atoms with E-state index in [1.807, 2.05) is 24.3 Å². The van der Waals surface area contributed by atoms with Gasteiger partial charge in [0.15, 0.2) is 0 Å². The zero-order valence-electron chi connectivity index (χ0n) is 16.2. The minimum absolute atomic E-state index is 0.0923. The summed E-state index contributed by atoms with van der Waals surface area (Å²) in [6, 6.07) is 13.9. The highest BCUT2D eigenvalue weighted by atomic mass is 32.2. The number of nitrogens with one attached hydrogen (secondary N) is 2. The van der Waals surface area contributed by atoms with Crippen LogP contribution >= 0.6 is 0 Å². The SMILES string of the molecule is Cc1[nH]c2ccccc2c1C1(CNS(=O)(=O)c2ccc3c(c2)CCCC3)CC1. The van der Waals surface area contributed by atoms with Crippen molar-refractivity contribution >= 4 is 20.9 Å². The molecule has 5 heteroatoms. The summed E-state index contributed by atoms with van der Waals surface area (Å²) in [5, 5.41) is 1.21. The van der Waals surface area contributed by atoms with Crippen molar-refractivity contribution in [2.24, 2.45) is 0 Å². The summed E-state index contributed by atoms with van der Waals surface area (Å²) in [7, 11) is -3.50. The van der Waals surface area contributed by atoms with Gasteiger partial charge in [-0.05, 0) is 80.3 Å². The molecule has 28 heavy (non-hydrogen) atoms. The number of aromatic amines is 1. The van der Waals surface area contributed by atoms with E-state index in [0.717, 1.165) is 43.3 Å². The Hall–Kier alpha value is -2.11. The van der Waals surface area contributed by atoms with Crippen LogP contribution in [-0.2, 0) is 28.3 Å².